The van der Waals surface area contributed by atoms with Gasteiger partial charge in [0.25, 0.3) is 0 Å². The number of hydrogen-bond acceptors (Lipinski definition) is 3. The molecule has 0 bridgehead atoms. The normalized spacial score (nSPS) is 42.8. The van der Waals surface area contributed by atoms with Crippen LogP contribution in [-0.2, 0) is 0 Å². The van der Waals surface area contributed by atoms with Crippen LogP contribution in [0.25, 0.3) is 0 Å². The van der Waals surface area contributed by atoms with E-state index < -0.39 is 12.2 Å². The molecule has 0 unspecified atom stereocenters. The zero-order valence-electron chi connectivity index (χ0n) is 6.94. The highest BCUT2D eigenvalue weighted by atomic mass is 16.3. The van der Waals surface area contributed by atoms with Crippen molar-refractivity contribution in [3.8, 4) is 0 Å². The Kier molecular flexibility index (Phi) is 2.20. The molecule has 3 atom stereocenters. The van der Waals surface area contributed by atoms with Crippen LogP contribution in [0.1, 0.15) is 0 Å². The lowest BCUT2D eigenvalue weighted by molar-refractivity contribution is -0.905. The van der Waals surface area contributed by atoms with Crippen LogP contribution < -0.4 is 0 Å². The third kappa shape index (κ3) is 1.39. The van der Waals surface area contributed by atoms with E-state index in [1.165, 1.54) is 0 Å². The summed E-state index contributed by atoms with van der Waals surface area (Å²) in [5.74, 6) is 0. The lowest BCUT2D eigenvalue weighted by Gasteiger charge is -2.30. The molecule has 66 valence electrons. The van der Waals surface area contributed by atoms with E-state index >= 15 is 0 Å². The van der Waals surface area contributed by atoms with Crippen LogP contribution in [-0.4, -0.2) is 65.3 Å². The number of rotatable bonds is 1. The van der Waals surface area contributed by atoms with Crippen molar-refractivity contribution in [3.63, 3.8) is 0 Å². The van der Waals surface area contributed by atoms with Gasteiger partial charge in [0, 0.05) is 0 Å². The molecule has 11 heavy (non-hydrogen) atoms. The third-order valence-corrected chi connectivity index (χ3v) is 2.53. The van der Waals surface area contributed by atoms with Gasteiger partial charge in [-0.2, -0.15) is 0 Å². The molecular weight excluding hydrogens is 146 g/mol. The summed E-state index contributed by atoms with van der Waals surface area (Å²) in [6.07, 6.45) is -1.47. The summed E-state index contributed by atoms with van der Waals surface area (Å²) in [6.45, 7) is 0.428. The van der Waals surface area contributed by atoms with Crippen molar-refractivity contribution in [2.24, 2.45) is 0 Å². The second kappa shape index (κ2) is 2.71. The monoisotopic (exact) mass is 162 g/mol. The molecule has 0 spiro atoms. The van der Waals surface area contributed by atoms with Gasteiger partial charge in [-0.3, -0.25) is 0 Å². The fourth-order valence-corrected chi connectivity index (χ4v) is 1.72. The van der Waals surface area contributed by atoms with Gasteiger partial charge in [0.05, 0.1) is 20.7 Å². The minimum Gasteiger partial charge on any atom is -0.390 e. The molecule has 0 saturated carbocycles. The Labute approximate surface area is 66.3 Å². The lowest BCUT2D eigenvalue weighted by Crippen LogP contribution is -2.49. The van der Waals surface area contributed by atoms with E-state index in [1.54, 1.807) is 0 Å². The quantitative estimate of drug-likeness (QED) is 0.397. The summed E-state index contributed by atoms with van der Waals surface area (Å²) in [4.78, 5) is 0. The second-order valence-corrected chi connectivity index (χ2v) is 3.77. The Morgan fingerprint density at radius 3 is 2.09 bits per heavy atom. The molecule has 0 aromatic heterocycles. The van der Waals surface area contributed by atoms with Gasteiger partial charge in [0.15, 0.2) is 0 Å². The van der Waals surface area contributed by atoms with Gasteiger partial charge >= 0.3 is 0 Å². The Morgan fingerprint density at radius 1 is 1.36 bits per heavy atom. The number of likely N-dealkylation sites (tertiary alicyclic amines) is 1. The summed E-state index contributed by atoms with van der Waals surface area (Å²) >= 11 is 0. The standard InChI is InChI=1S/C7H16NO3/c1-8(2)3-6(10)7(11)5(8)4-9/h5-7,9-11H,3-4H2,1-2H3/q+1/t5-,6-,7-/m1/s1. The molecular formula is C7H16NO3+. The van der Waals surface area contributed by atoms with E-state index in [0.29, 0.717) is 11.0 Å². The van der Waals surface area contributed by atoms with E-state index in [9.17, 15) is 10.2 Å². The van der Waals surface area contributed by atoms with Crippen LogP contribution >= 0.6 is 0 Å². The summed E-state index contributed by atoms with van der Waals surface area (Å²) in [5, 5.41) is 27.5. The summed E-state index contributed by atoms with van der Waals surface area (Å²) in [7, 11) is 3.78. The first kappa shape index (κ1) is 8.93. The van der Waals surface area contributed by atoms with E-state index in [4.69, 9.17) is 5.11 Å². The number of aliphatic hydroxyl groups excluding tert-OH is 3. The second-order valence-electron chi connectivity index (χ2n) is 3.77. The largest absolute Gasteiger partial charge is 0.390 e. The van der Waals surface area contributed by atoms with E-state index in [0.717, 1.165) is 0 Å². The summed E-state index contributed by atoms with van der Waals surface area (Å²) in [5.41, 5.74) is 0. The van der Waals surface area contributed by atoms with E-state index in [2.05, 4.69) is 0 Å². The van der Waals surface area contributed by atoms with E-state index in [-0.39, 0.29) is 12.6 Å². The minimum atomic E-state index is -0.782. The molecule has 1 fully saturated rings. The predicted octanol–water partition coefficient (Wildman–Crippen LogP) is -1.84. The third-order valence-electron chi connectivity index (χ3n) is 2.53. The molecule has 3 N–H and O–H groups in total. The van der Waals surface area contributed by atoms with E-state index in [1.807, 2.05) is 14.1 Å². The van der Waals surface area contributed by atoms with Gasteiger partial charge in [-0.1, -0.05) is 0 Å². The first-order chi connectivity index (χ1) is 4.99. The summed E-state index contributed by atoms with van der Waals surface area (Å²) in [6, 6.07) is -0.245. The maximum absolute atomic E-state index is 9.37. The van der Waals surface area contributed by atoms with Crippen molar-refractivity contribution in [2.45, 2.75) is 18.2 Å². The Morgan fingerprint density at radius 2 is 1.91 bits per heavy atom. The van der Waals surface area contributed by atoms with Crippen LogP contribution in [0.15, 0.2) is 0 Å². The highest BCUT2D eigenvalue weighted by molar-refractivity contribution is 4.82. The summed E-state index contributed by atoms with van der Waals surface area (Å²) < 4.78 is 0.485. The van der Waals surface area contributed by atoms with Crippen molar-refractivity contribution in [1.82, 2.24) is 0 Å². The molecule has 1 heterocycles. The van der Waals surface area contributed by atoms with Crippen molar-refractivity contribution in [1.29, 1.82) is 0 Å². The molecule has 1 aliphatic heterocycles. The Hall–Kier alpha value is -0.160. The molecule has 0 amide bonds. The Bertz CT molecular complexity index is 149. The van der Waals surface area contributed by atoms with Crippen molar-refractivity contribution in [3.05, 3.63) is 0 Å². The van der Waals surface area contributed by atoms with Crippen LogP contribution in [0.4, 0.5) is 0 Å². The van der Waals surface area contributed by atoms with Gasteiger partial charge < -0.3 is 19.8 Å². The average Bonchev–Trinajstić information content (AvgIpc) is 2.03. The molecule has 0 aromatic rings. The number of aliphatic hydroxyl groups is 3. The van der Waals surface area contributed by atoms with Gasteiger partial charge in [0.2, 0.25) is 0 Å². The molecule has 0 aromatic carbocycles. The van der Waals surface area contributed by atoms with Crippen LogP contribution in [0.3, 0.4) is 0 Å². The van der Waals surface area contributed by atoms with Crippen LogP contribution in [0.2, 0.25) is 0 Å². The van der Waals surface area contributed by atoms with Crippen LogP contribution in [0.5, 0.6) is 0 Å². The molecule has 1 saturated heterocycles. The highest BCUT2D eigenvalue weighted by Gasteiger charge is 2.47. The fourth-order valence-electron chi connectivity index (χ4n) is 1.72. The topological polar surface area (TPSA) is 60.7 Å². The number of quaternary nitrogens is 1. The maximum atomic E-state index is 9.37. The molecule has 4 nitrogen and oxygen atoms in total. The Balaban J connectivity index is 2.73. The first-order valence-corrected chi connectivity index (χ1v) is 3.78. The molecule has 4 heteroatoms. The van der Waals surface area contributed by atoms with Gasteiger partial charge in [0.1, 0.15) is 24.8 Å². The molecule has 0 aliphatic carbocycles. The lowest BCUT2D eigenvalue weighted by atomic mass is 10.1. The van der Waals surface area contributed by atoms with Crippen LogP contribution in [0, 0.1) is 0 Å². The first-order valence-electron chi connectivity index (χ1n) is 3.78. The molecule has 1 aliphatic rings. The molecule has 1 rings (SSSR count). The molecule has 0 radical (unpaired) electrons. The predicted molar refractivity (Wildman–Crippen MR) is 39.9 cm³/mol. The smallest absolute Gasteiger partial charge is 0.141 e. The zero-order valence-corrected chi connectivity index (χ0v) is 6.94. The van der Waals surface area contributed by atoms with Gasteiger partial charge in [-0.25, -0.2) is 0 Å². The zero-order chi connectivity index (χ0) is 8.65. The van der Waals surface area contributed by atoms with Crippen molar-refractivity contribution in [2.75, 3.05) is 27.2 Å². The minimum absolute atomic E-state index is 0.0781. The highest BCUT2D eigenvalue weighted by Crippen LogP contribution is 2.22. The van der Waals surface area contributed by atoms with Gasteiger partial charge in [-0.05, 0) is 0 Å². The SMILES string of the molecule is C[N+]1(C)C[C@@H](O)[C@H](O)[C@H]1CO. The van der Waals surface area contributed by atoms with Gasteiger partial charge in [-0.15, -0.1) is 0 Å². The van der Waals surface area contributed by atoms with Crippen molar-refractivity contribution < 1.29 is 19.8 Å². The maximum Gasteiger partial charge on any atom is 0.141 e. The number of nitrogens with zero attached hydrogens (tertiary/aromatic N) is 1. The average molecular weight is 162 g/mol. The number of likely N-dealkylation sites (N-methyl/N-ethyl adjacent to an activating group) is 1. The van der Waals surface area contributed by atoms with Crippen molar-refractivity contribution >= 4 is 0 Å². The fraction of sp³-hybridized carbons (Fsp3) is 1.00. The number of hydrogen-bond donors (Lipinski definition) is 3.